The molecule has 2 amide bonds. The maximum atomic E-state index is 13.6. The molecule has 1 unspecified atom stereocenters. The first kappa shape index (κ1) is 27.4. The third kappa shape index (κ3) is 6.83. The number of hydrogen-bond donors (Lipinski definition) is 2. The van der Waals surface area contributed by atoms with Crippen LogP contribution < -0.4 is 10.6 Å². The molecule has 2 N–H and O–H groups in total. The number of amides is 2. The van der Waals surface area contributed by atoms with Gasteiger partial charge in [0, 0.05) is 43.2 Å². The highest BCUT2D eigenvalue weighted by Gasteiger charge is 2.34. The van der Waals surface area contributed by atoms with E-state index < -0.39 is 6.67 Å². The number of nitrogens with zero attached hydrogens (tertiary/aromatic N) is 3. The maximum Gasteiger partial charge on any atom is 0.254 e. The molecule has 202 valence electrons. The van der Waals surface area contributed by atoms with Gasteiger partial charge in [-0.3, -0.25) is 14.6 Å². The number of likely N-dealkylation sites (tertiary alicyclic amines) is 1. The van der Waals surface area contributed by atoms with Crippen molar-refractivity contribution in [2.45, 2.75) is 65.2 Å². The molecule has 0 radical (unpaired) electrons. The summed E-state index contributed by atoms with van der Waals surface area (Å²) in [6.45, 7) is 7.79. The van der Waals surface area contributed by atoms with Crippen LogP contribution >= 0.6 is 0 Å². The standard InChI is InChI=1S/C29H36FN5O3/c1-19(2)25-12-22(16-32-17-25)15-31-7-5-8-33-27(36)23-10-21(14-30)11-24(13-23)29(37)35-9-4-6-26(35)28-34-20(3)18-38-28/h10-13,16-19,26,31H,4-9,14-15H2,1-3H3,(H,33,36). The van der Waals surface area contributed by atoms with Gasteiger partial charge in [0.2, 0.25) is 5.89 Å². The van der Waals surface area contributed by atoms with Crippen LogP contribution in [0.1, 0.15) is 94.1 Å². The summed E-state index contributed by atoms with van der Waals surface area (Å²) in [5.41, 5.74) is 3.94. The van der Waals surface area contributed by atoms with Gasteiger partial charge in [-0.25, -0.2) is 9.37 Å². The molecule has 0 saturated carbocycles. The molecule has 3 aromatic rings. The molecule has 0 aliphatic carbocycles. The summed E-state index contributed by atoms with van der Waals surface area (Å²) < 4.78 is 19.2. The molecule has 3 heterocycles. The van der Waals surface area contributed by atoms with Crippen LogP contribution in [0.3, 0.4) is 0 Å². The van der Waals surface area contributed by atoms with Crippen molar-refractivity contribution in [1.82, 2.24) is 25.5 Å². The zero-order valence-electron chi connectivity index (χ0n) is 22.3. The van der Waals surface area contributed by atoms with Gasteiger partial charge in [0.05, 0.1) is 5.69 Å². The van der Waals surface area contributed by atoms with Gasteiger partial charge in [0.25, 0.3) is 11.8 Å². The van der Waals surface area contributed by atoms with Crippen LogP contribution in [-0.4, -0.2) is 46.3 Å². The van der Waals surface area contributed by atoms with Crippen molar-refractivity contribution in [3.05, 3.63) is 82.3 Å². The summed E-state index contributed by atoms with van der Waals surface area (Å²) in [5, 5.41) is 6.25. The van der Waals surface area contributed by atoms with E-state index in [1.165, 1.54) is 17.7 Å². The summed E-state index contributed by atoms with van der Waals surface area (Å²) in [4.78, 5) is 36.6. The van der Waals surface area contributed by atoms with Crippen LogP contribution in [0.4, 0.5) is 4.39 Å². The molecule has 1 fully saturated rings. The number of alkyl halides is 1. The number of aryl methyl sites for hydroxylation is 1. The third-order valence-electron chi connectivity index (χ3n) is 6.72. The molecule has 1 aliphatic rings. The fourth-order valence-corrected chi connectivity index (χ4v) is 4.65. The van der Waals surface area contributed by atoms with E-state index in [0.29, 0.717) is 42.6 Å². The van der Waals surface area contributed by atoms with Gasteiger partial charge in [0.1, 0.15) is 19.0 Å². The smallest absolute Gasteiger partial charge is 0.254 e. The molecule has 1 aliphatic heterocycles. The average Bonchev–Trinajstić information content (AvgIpc) is 3.59. The molecule has 8 nitrogen and oxygen atoms in total. The molecule has 2 aromatic heterocycles. The molecule has 1 saturated heterocycles. The van der Waals surface area contributed by atoms with Gasteiger partial charge < -0.3 is 20.0 Å². The van der Waals surface area contributed by atoms with E-state index in [0.717, 1.165) is 37.1 Å². The molecule has 1 atom stereocenters. The fourth-order valence-electron chi connectivity index (χ4n) is 4.65. The number of carbonyl (C=O) groups is 2. The SMILES string of the molecule is Cc1coc(C2CCCN2C(=O)c2cc(CF)cc(C(=O)NCCCNCc3cncc(C(C)C)c3)c2)n1. The number of aromatic nitrogens is 2. The minimum Gasteiger partial charge on any atom is -0.446 e. The number of carbonyl (C=O) groups excluding carboxylic acids is 2. The van der Waals surface area contributed by atoms with Crippen molar-refractivity contribution >= 4 is 11.8 Å². The van der Waals surface area contributed by atoms with E-state index >= 15 is 0 Å². The van der Waals surface area contributed by atoms with E-state index in [4.69, 9.17) is 4.42 Å². The fraction of sp³-hybridized carbons (Fsp3) is 0.448. The Kier molecular flexibility index (Phi) is 9.23. The van der Waals surface area contributed by atoms with Crippen molar-refractivity contribution in [1.29, 1.82) is 0 Å². The van der Waals surface area contributed by atoms with Crippen molar-refractivity contribution < 1.29 is 18.4 Å². The number of oxazole rings is 1. The molecular weight excluding hydrogens is 485 g/mol. The summed E-state index contributed by atoms with van der Waals surface area (Å²) in [5.74, 6) is 0.348. The number of halogens is 1. The Morgan fingerprint density at radius 1 is 1.13 bits per heavy atom. The quantitative estimate of drug-likeness (QED) is 0.350. The van der Waals surface area contributed by atoms with Crippen molar-refractivity contribution in [2.75, 3.05) is 19.6 Å². The first-order valence-electron chi connectivity index (χ1n) is 13.2. The van der Waals surface area contributed by atoms with Crippen molar-refractivity contribution in [3.63, 3.8) is 0 Å². The van der Waals surface area contributed by atoms with Crippen molar-refractivity contribution in [2.24, 2.45) is 0 Å². The summed E-state index contributed by atoms with van der Waals surface area (Å²) in [6, 6.07) is 6.44. The van der Waals surface area contributed by atoms with Crippen LogP contribution in [0.25, 0.3) is 0 Å². The Morgan fingerprint density at radius 2 is 1.95 bits per heavy atom. The first-order valence-corrected chi connectivity index (χ1v) is 13.2. The molecule has 4 rings (SSSR count). The Bertz CT molecular complexity index is 1260. The lowest BCUT2D eigenvalue weighted by Gasteiger charge is -2.23. The Hall–Kier alpha value is -3.59. The largest absolute Gasteiger partial charge is 0.446 e. The maximum absolute atomic E-state index is 13.6. The van der Waals surface area contributed by atoms with E-state index in [1.54, 1.807) is 17.2 Å². The number of pyridine rings is 1. The third-order valence-corrected chi connectivity index (χ3v) is 6.72. The number of benzene rings is 1. The van der Waals surface area contributed by atoms with Crippen molar-refractivity contribution in [3.8, 4) is 0 Å². The predicted octanol–water partition coefficient (Wildman–Crippen LogP) is 4.86. The van der Waals surface area contributed by atoms with Gasteiger partial charge in [-0.05, 0) is 73.5 Å². The summed E-state index contributed by atoms with van der Waals surface area (Å²) in [6.07, 6.45) is 7.61. The number of rotatable bonds is 11. The van der Waals surface area contributed by atoms with Gasteiger partial charge in [0.15, 0.2) is 0 Å². The molecular formula is C29H36FN5O3. The summed E-state index contributed by atoms with van der Waals surface area (Å²) >= 11 is 0. The number of hydrogen-bond acceptors (Lipinski definition) is 6. The Balaban J connectivity index is 1.31. The Labute approximate surface area is 223 Å². The van der Waals surface area contributed by atoms with Gasteiger partial charge >= 0.3 is 0 Å². The predicted molar refractivity (Wildman–Crippen MR) is 142 cm³/mol. The van der Waals surface area contributed by atoms with Gasteiger partial charge in [-0.1, -0.05) is 19.9 Å². The molecule has 38 heavy (non-hydrogen) atoms. The number of nitrogens with one attached hydrogen (secondary N) is 2. The Morgan fingerprint density at radius 3 is 2.68 bits per heavy atom. The zero-order chi connectivity index (χ0) is 27.1. The topological polar surface area (TPSA) is 100 Å². The van der Waals surface area contributed by atoms with Crippen LogP contribution in [-0.2, 0) is 13.2 Å². The molecule has 1 aromatic carbocycles. The van der Waals surface area contributed by atoms with Crippen LogP contribution in [0.5, 0.6) is 0 Å². The van der Waals surface area contributed by atoms with E-state index in [1.807, 2.05) is 19.3 Å². The van der Waals surface area contributed by atoms with E-state index in [9.17, 15) is 14.0 Å². The van der Waals surface area contributed by atoms with Crippen LogP contribution in [0, 0.1) is 6.92 Å². The van der Waals surface area contributed by atoms with Gasteiger partial charge in [-0.15, -0.1) is 0 Å². The van der Waals surface area contributed by atoms with Crippen LogP contribution in [0.15, 0.2) is 47.3 Å². The lowest BCUT2D eigenvalue weighted by Crippen LogP contribution is -2.31. The highest BCUT2D eigenvalue weighted by atomic mass is 19.1. The average molecular weight is 522 g/mol. The first-order chi connectivity index (χ1) is 18.4. The molecule has 0 bridgehead atoms. The lowest BCUT2D eigenvalue weighted by molar-refractivity contribution is 0.0715. The minimum atomic E-state index is -0.763. The highest BCUT2D eigenvalue weighted by Crippen LogP contribution is 2.33. The second kappa shape index (κ2) is 12.8. The molecule has 0 spiro atoms. The second-order valence-electron chi connectivity index (χ2n) is 10.1. The lowest BCUT2D eigenvalue weighted by atomic mass is 10.0. The summed E-state index contributed by atoms with van der Waals surface area (Å²) in [7, 11) is 0. The highest BCUT2D eigenvalue weighted by molar-refractivity contribution is 6.00. The normalized spacial score (nSPS) is 15.3. The monoisotopic (exact) mass is 521 g/mol. The minimum absolute atomic E-state index is 0.257. The molecule has 9 heteroatoms. The van der Waals surface area contributed by atoms with Crippen LogP contribution in [0.2, 0.25) is 0 Å². The van der Waals surface area contributed by atoms with E-state index in [-0.39, 0.29) is 23.4 Å². The zero-order valence-corrected chi connectivity index (χ0v) is 22.3. The second-order valence-corrected chi connectivity index (χ2v) is 10.1. The van der Waals surface area contributed by atoms with E-state index in [2.05, 4.69) is 40.5 Å². The van der Waals surface area contributed by atoms with Gasteiger partial charge in [-0.2, -0.15) is 0 Å².